The van der Waals surface area contributed by atoms with Crippen molar-refractivity contribution < 1.29 is 9.13 Å². The summed E-state index contributed by atoms with van der Waals surface area (Å²) in [4.78, 5) is 0. The molecule has 0 aromatic heterocycles. The summed E-state index contributed by atoms with van der Waals surface area (Å²) < 4.78 is 19.3. The third kappa shape index (κ3) is 3.12. The van der Waals surface area contributed by atoms with Crippen LogP contribution in [0.2, 0.25) is 0 Å². The fourth-order valence-electron chi connectivity index (χ4n) is 2.14. The minimum Gasteiger partial charge on any atom is -0.496 e. The predicted octanol–water partition coefficient (Wildman–Crippen LogP) is 5.08. The molecule has 0 amide bonds. The van der Waals surface area contributed by atoms with Gasteiger partial charge in [-0.3, -0.25) is 0 Å². The lowest BCUT2D eigenvalue weighted by Gasteiger charge is -2.20. The Morgan fingerprint density at radius 3 is 2.65 bits per heavy atom. The van der Waals surface area contributed by atoms with Gasteiger partial charge in [-0.05, 0) is 53.5 Å². The zero-order valence-corrected chi connectivity index (χ0v) is 13.3. The van der Waals surface area contributed by atoms with E-state index in [1.165, 1.54) is 6.07 Å². The summed E-state index contributed by atoms with van der Waals surface area (Å²) in [6, 6.07) is 11.2. The molecule has 0 heterocycles. The predicted molar refractivity (Wildman–Crippen MR) is 83.9 cm³/mol. The van der Waals surface area contributed by atoms with Gasteiger partial charge in [0.15, 0.2) is 0 Å². The highest BCUT2D eigenvalue weighted by atomic mass is 79.9. The number of anilines is 1. The van der Waals surface area contributed by atoms with Gasteiger partial charge in [0.05, 0.1) is 17.6 Å². The van der Waals surface area contributed by atoms with Crippen molar-refractivity contribution in [1.29, 1.82) is 0 Å². The molecule has 1 atom stereocenters. The van der Waals surface area contributed by atoms with E-state index in [-0.39, 0.29) is 11.9 Å². The van der Waals surface area contributed by atoms with Crippen LogP contribution in [-0.4, -0.2) is 7.11 Å². The average molecular weight is 338 g/mol. The lowest BCUT2D eigenvalue weighted by Crippen LogP contribution is -2.09. The number of rotatable bonds is 4. The van der Waals surface area contributed by atoms with Gasteiger partial charge in [-0.15, -0.1) is 0 Å². The number of ether oxygens (including phenoxy) is 1. The van der Waals surface area contributed by atoms with Crippen molar-refractivity contribution >= 4 is 21.6 Å². The number of para-hydroxylation sites is 1. The van der Waals surface area contributed by atoms with Gasteiger partial charge in [0.25, 0.3) is 0 Å². The maximum Gasteiger partial charge on any atom is 0.137 e. The van der Waals surface area contributed by atoms with Gasteiger partial charge in [0.1, 0.15) is 11.6 Å². The van der Waals surface area contributed by atoms with E-state index in [1.54, 1.807) is 13.2 Å². The van der Waals surface area contributed by atoms with Gasteiger partial charge in [0, 0.05) is 11.3 Å². The fraction of sp³-hybridized carbons (Fsp3) is 0.250. The molecule has 0 saturated heterocycles. The summed E-state index contributed by atoms with van der Waals surface area (Å²) in [6.07, 6.45) is 0. The van der Waals surface area contributed by atoms with Crippen LogP contribution in [0.4, 0.5) is 10.1 Å². The van der Waals surface area contributed by atoms with Gasteiger partial charge < -0.3 is 10.1 Å². The van der Waals surface area contributed by atoms with E-state index in [2.05, 4.69) is 28.2 Å². The molecule has 0 bridgehead atoms. The maximum atomic E-state index is 13.4. The molecule has 1 unspecified atom stereocenters. The molecule has 2 aromatic rings. The number of benzene rings is 2. The van der Waals surface area contributed by atoms with Gasteiger partial charge in [-0.2, -0.15) is 0 Å². The van der Waals surface area contributed by atoms with Crippen molar-refractivity contribution in [2.75, 3.05) is 12.4 Å². The van der Waals surface area contributed by atoms with Crippen LogP contribution in [0.15, 0.2) is 40.9 Å². The monoisotopic (exact) mass is 337 g/mol. The Kier molecular flexibility index (Phi) is 4.65. The quantitative estimate of drug-likeness (QED) is 0.840. The second-order valence-electron chi connectivity index (χ2n) is 4.69. The molecule has 0 aliphatic heterocycles. The molecule has 2 aromatic carbocycles. The molecule has 0 saturated carbocycles. The van der Waals surface area contributed by atoms with E-state index in [0.29, 0.717) is 4.47 Å². The summed E-state index contributed by atoms with van der Waals surface area (Å²) in [5, 5.41) is 3.39. The second kappa shape index (κ2) is 6.27. The molecule has 0 radical (unpaired) electrons. The highest BCUT2D eigenvalue weighted by Crippen LogP contribution is 2.30. The Morgan fingerprint density at radius 2 is 1.95 bits per heavy atom. The Morgan fingerprint density at radius 1 is 1.25 bits per heavy atom. The molecule has 2 rings (SSSR count). The lowest BCUT2D eigenvalue weighted by atomic mass is 10.1. The minimum atomic E-state index is -0.252. The molecule has 1 N–H and O–H groups in total. The number of nitrogens with one attached hydrogen (secondary N) is 1. The number of hydrogen-bond donors (Lipinski definition) is 1. The summed E-state index contributed by atoms with van der Waals surface area (Å²) in [6.45, 7) is 3.93. The van der Waals surface area contributed by atoms with Gasteiger partial charge >= 0.3 is 0 Å². The Bertz CT molecular complexity index is 615. The highest BCUT2D eigenvalue weighted by molar-refractivity contribution is 9.10. The van der Waals surface area contributed by atoms with Crippen LogP contribution in [0.3, 0.4) is 0 Å². The molecule has 0 aliphatic carbocycles. The Labute approximate surface area is 127 Å². The topological polar surface area (TPSA) is 21.3 Å². The van der Waals surface area contributed by atoms with Gasteiger partial charge in [-0.1, -0.05) is 18.2 Å². The molecular weight excluding hydrogens is 321 g/mol. The number of hydrogen-bond acceptors (Lipinski definition) is 2. The molecule has 0 aliphatic rings. The normalized spacial score (nSPS) is 12.1. The first-order valence-electron chi connectivity index (χ1n) is 6.38. The highest BCUT2D eigenvalue weighted by Gasteiger charge is 2.13. The summed E-state index contributed by atoms with van der Waals surface area (Å²) in [5.74, 6) is 0.587. The van der Waals surface area contributed by atoms with Crippen LogP contribution in [0.25, 0.3) is 0 Å². The van der Waals surface area contributed by atoms with Crippen LogP contribution >= 0.6 is 15.9 Å². The average Bonchev–Trinajstić information content (AvgIpc) is 2.44. The SMILES string of the molecule is COc1ccccc1C(C)Nc1cc(Br)c(F)cc1C. The van der Waals surface area contributed by atoms with E-state index in [0.717, 1.165) is 22.6 Å². The number of halogens is 2. The van der Waals surface area contributed by atoms with E-state index < -0.39 is 0 Å². The van der Waals surface area contributed by atoms with Crippen molar-refractivity contribution in [1.82, 2.24) is 0 Å². The molecule has 4 heteroatoms. The van der Waals surface area contributed by atoms with E-state index >= 15 is 0 Å². The van der Waals surface area contributed by atoms with E-state index in [1.807, 2.05) is 31.2 Å². The smallest absolute Gasteiger partial charge is 0.137 e. The summed E-state index contributed by atoms with van der Waals surface area (Å²) in [7, 11) is 1.66. The number of aryl methyl sites for hydroxylation is 1. The Hall–Kier alpha value is -1.55. The minimum absolute atomic E-state index is 0.0576. The Balaban J connectivity index is 2.28. The lowest BCUT2D eigenvalue weighted by molar-refractivity contribution is 0.408. The maximum absolute atomic E-state index is 13.4. The van der Waals surface area contributed by atoms with E-state index in [4.69, 9.17) is 4.74 Å². The van der Waals surface area contributed by atoms with Crippen LogP contribution in [0.1, 0.15) is 24.1 Å². The standard InChI is InChI=1S/C16H17BrFNO/c1-10-8-14(18)13(17)9-15(10)19-11(2)12-6-4-5-7-16(12)20-3/h4-9,11,19H,1-3H3. The zero-order chi connectivity index (χ0) is 14.7. The first-order valence-corrected chi connectivity index (χ1v) is 7.17. The van der Waals surface area contributed by atoms with Crippen LogP contribution < -0.4 is 10.1 Å². The van der Waals surface area contributed by atoms with Crippen molar-refractivity contribution in [2.45, 2.75) is 19.9 Å². The molecule has 0 fully saturated rings. The zero-order valence-electron chi connectivity index (χ0n) is 11.7. The van der Waals surface area contributed by atoms with Crippen LogP contribution in [0.5, 0.6) is 5.75 Å². The van der Waals surface area contributed by atoms with E-state index in [9.17, 15) is 4.39 Å². The first kappa shape index (κ1) is 14.9. The number of methoxy groups -OCH3 is 1. The second-order valence-corrected chi connectivity index (χ2v) is 5.54. The first-order chi connectivity index (χ1) is 9.52. The van der Waals surface area contributed by atoms with Crippen molar-refractivity contribution in [3.8, 4) is 5.75 Å². The van der Waals surface area contributed by atoms with Crippen LogP contribution in [0, 0.1) is 12.7 Å². The van der Waals surface area contributed by atoms with Crippen LogP contribution in [-0.2, 0) is 0 Å². The largest absolute Gasteiger partial charge is 0.496 e. The van der Waals surface area contributed by atoms with Crippen molar-refractivity contribution in [2.24, 2.45) is 0 Å². The van der Waals surface area contributed by atoms with Crippen molar-refractivity contribution in [3.63, 3.8) is 0 Å². The fourth-order valence-corrected chi connectivity index (χ4v) is 2.48. The molecule has 2 nitrogen and oxygen atoms in total. The van der Waals surface area contributed by atoms with Crippen molar-refractivity contribution in [3.05, 3.63) is 57.8 Å². The molecule has 106 valence electrons. The molecule has 20 heavy (non-hydrogen) atoms. The van der Waals surface area contributed by atoms with Gasteiger partial charge in [0.2, 0.25) is 0 Å². The van der Waals surface area contributed by atoms with Gasteiger partial charge in [-0.25, -0.2) is 4.39 Å². The summed E-state index contributed by atoms with van der Waals surface area (Å²) >= 11 is 3.21. The molecular formula is C16H17BrFNO. The third-order valence-electron chi connectivity index (χ3n) is 3.24. The third-order valence-corrected chi connectivity index (χ3v) is 3.85. The summed E-state index contributed by atoms with van der Waals surface area (Å²) in [5.41, 5.74) is 2.83. The molecule has 0 spiro atoms.